The third kappa shape index (κ3) is 3.86. The number of hydrogen-bond acceptors (Lipinski definition) is 7. The van der Waals surface area contributed by atoms with Crippen LogP contribution in [-0.4, -0.2) is 45.5 Å². The number of carbonyl (C=O) groups excluding carboxylic acids is 1. The first kappa shape index (κ1) is 20.2. The molecule has 0 bridgehead atoms. The minimum Gasteiger partial charge on any atom is -0.493 e. The Kier molecular flexibility index (Phi) is 5.71. The van der Waals surface area contributed by atoms with Crippen LogP contribution in [0.2, 0.25) is 0 Å². The Hall–Kier alpha value is -3.56. The zero-order valence-electron chi connectivity index (χ0n) is 16.7. The molecular formula is C19H22N4O6. The molecule has 0 saturated heterocycles. The molecule has 0 aliphatic rings. The van der Waals surface area contributed by atoms with E-state index >= 15 is 0 Å². The summed E-state index contributed by atoms with van der Waals surface area (Å²) < 4.78 is 19.6. The Balaban J connectivity index is 1.67. The minimum atomic E-state index is -0.450. The van der Waals surface area contributed by atoms with Crippen molar-refractivity contribution in [3.8, 4) is 11.5 Å². The highest BCUT2D eigenvalue weighted by Gasteiger charge is 2.15. The lowest BCUT2D eigenvalue weighted by Crippen LogP contribution is -2.37. The van der Waals surface area contributed by atoms with Crippen LogP contribution in [0.25, 0.3) is 11.2 Å². The molecule has 29 heavy (non-hydrogen) atoms. The number of fused-ring (bicyclic) bond motifs is 1. The van der Waals surface area contributed by atoms with E-state index in [9.17, 15) is 14.4 Å². The molecule has 0 atom stereocenters. The van der Waals surface area contributed by atoms with Crippen molar-refractivity contribution in [2.45, 2.75) is 13.0 Å². The number of carbonyl (C=O) groups is 1. The number of nitrogens with zero attached hydrogens (tertiary/aromatic N) is 4. The molecule has 0 fully saturated rings. The fourth-order valence-corrected chi connectivity index (χ4v) is 3.03. The third-order valence-corrected chi connectivity index (χ3v) is 4.61. The summed E-state index contributed by atoms with van der Waals surface area (Å²) in [5.74, 6) is 0.693. The van der Waals surface area contributed by atoms with Gasteiger partial charge in [0.05, 0.1) is 33.5 Å². The normalized spacial score (nSPS) is 10.9. The van der Waals surface area contributed by atoms with Crippen molar-refractivity contribution in [2.75, 3.05) is 20.8 Å². The number of rotatable bonds is 7. The highest BCUT2D eigenvalue weighted by molar-refractivity contribution is 5.73. The second-order valence-corrected chi connectivity index (χ2v) is 6.40. The summed E-state index contributed by atoms with van der Waals surface area (Å²) in [5.41, 5.74) is 0.399. The van der Waals surface area contributed by atoms with Gasteiger partial charge in [-0.3, -0.25) is 18.7 Å². The molecule has 2 heterocycles. The van der Waals surface area contributed by atoms with Crippen molar-refractivity contribution in [1.29, 1.82) is 0 Å². The second-order valence-electron chi connectivity index (χ2n) is 6.40. The van der Waals surface area contributed by atoms with Crippen LogP contribution in [-0.2, 0) is 36.6 Å². The monoisotopic (exact) mass is 402 g/mol. The maximum Gasteiger partial charge on any atom is 0.332 e. The molecule has 0 N–H and O–H groups in total. The van der Waals surface area contributed by atoms with E-state index in [1.165, 1.54) is 32.2 Å². The highest BCUT2D eigenvalue weighted by Crippen LogP contribution is 2.27. The molecule has 0 aliphatic carbocycles. The van der Waals surface area contributed by atoms with Crippen LogP contribution in [0, 0.1) is 0 Å². The molecule has 0 amide bonds. The lowest BCUT2D eigenvalue weighted by atomic mass is 10.1. The highest BCUT2D eigenvalue weighted by atomic mass is 16.5. The SMILES string of the molecule is COc1ccc(CC(=O)OCCn2cnc3c2c(=O)n(C)c(=O)n3C)cc1OC. The lowest BCUT2D eigenvalue weighted by molar-refractivity contribution is -0.143. The van der Waals surface area contributed by atoms with Gasteiger partial charge >= 0.3 is 11.7 Å². The Morgan fingerprint density at radius 2 is 1.79 bits per heavy atom. The predicted molar refractivity (Wildman–Crippen MR) is 104 cm³/mol. The molecule has 154 valence electrons. The maximum atomic E-state index is 12.4. The van der Waals surface area contributed by atoms with Gasteiger partial charge < -0.3 is 18.8 Å². The largest absolute Gasteiger partial charge is 0.493 e. The van der Waals surface area contributed by atoms with Gasteiger partial charge in [0.15, 0.2) is 22.7 Å². The summed E-state index contributed by atoms with van der Waals surface area (Å²) in [6, 6.07) is 5.20. The Morgan fingerprint density at radius 3 is 2.48 bits per heavy atom. The number of esters is 1. The van der Waals surface area contributed by atoms with E-state index in [1.807, 2.05) is 0 Å². The van der Waals surface area contributed by atoms with Crippen LogP contribution in [0.5, 0.6) is 11.5 Å². The topological polar surface area (TPSA) is 107 Å². The van der Waals surface area contributed by atoms with E-state index in [1.54, 1.807) is 29.8 Å². The van der Waals surface area contributed by atoms with Gasteiger partial charge in [-0.25, -0.2) is 9.78 Å². The quantitative estimate of drug-likeness (QED) is 0.521. The Morgan fingerprint density at radius 1 is 1.07 bits per heavy atom. The molecule has 0 unspecified atom stereocenters. The molecule has 0 aliphatic heterocycles. The molecule has 1 aromatic carbocycles. The van der Waals surface area contributed by atoms with Crippen molar-refractivity contribution in [1.82, 2.24) is 18.7 Å². The van der Waals surface area contributed by atoms with Gasteiger partial charge in [0.25, 0.3) is 5.56 Å². The van der Waals surface area contributed by atoms with Gasteiger partial charge in [-0.2, -0.15) is 0 Å². The number of aryl methyl sites for hydroxylation is 1. The first-order valence-electron chi connectivity index (χ1n) is 8.84. The summed E-state index contributed by atoms with van der Waals surface area (Å²) in [6.45, 7) is 0.297. The standard InChI is InChI=1S/C19H22N4O6/c1-21-17-16(18(25)22(2)19(21)26)23(11-20-17)7-8-29-15(24)10-12-5-6-13(27-3)14(9-12)28-4/h5-6,9,11H,7-8,10H2,1-4H3. The number of methoxy groups -OCH3 is 2. The van der Waals surface area contributed by atoms with Gasteiger partial charge in [0.2, 0.25) is 0 Å². The molecule has 0 radical (unpaired) electrons. The number of hydrogen-bond donors (Lipinski definition) is 0. The average Bonchev–Trinajstić information content (AvgIpc) is 3.14. The fraction of sp³-hybridized carbons (Fsp3) is 0.368. The molecule has 3 aromatic rings. The number of aromatic nitrogens is 4. The Labute approximate surface area is 165 Å². The lowest BCUT2D eigenvalue weighted by Gasteiger charge is -2.10. The fourth-order valence-electron chi connectivity index (χ4n) is 3.03. The van der Waals surface area contributed by atoms with Gasteiger partial charge in [-0.05, 0) is 17.7 Å². The van der Waals surface area contributed by atoms with Crippen molar-refractivity contribution in [3.63, 3.8) is 0 Å². The van der Waals surface area contributed by atoms with E-state index in [4.69, 9.17) is 14.2 Å². The smallest absolute Gasteiger partial charge is 0.332 e. The van der Waals surface area contributed by atoms with Crippen LogP contribution in [0.15, 0.2) is 34.1 Å². The van der Waals surface area contributed by atoms with Crippen LogP contribution >= 0.6 is 0 Å². The summed E-state index contributed by atoms with van der Waals surface area (Å²) in [7, 11) is 6.02. The van der Waals surface area contributed by atoms with Gasteiger partial charge in [0.1, 0.15) is 6.61 Å². The van der Waals surface area contributed by atoms with E-state index in [2.05, 4.69) is 4.98 Å². The van der Waals surface area contributed by atoms with Crippen molar-refractivity contribution < 1.29 is 19.0 Å². The first-order chi connectivity index (χ1) is 13.9. The molecular weight excluding hydrogens is 380 g/mol. The van der Waals surface area contributed by atoms with Crippen LogP contribution in [0.3, 0.4) is 0 Å². The zero-order chi connectivity index (χ0) is 21.1. The summed E-state index contributed by atoms with van der Waals surface area (Å²) in [4.78, 5) is 40.6. The summed E-state index contributed by atoms with van der Waals surface area (Å²) >= 11 is 0. The molecule has 2 aromatic heterocycles. The molecule has 0 saturated carbocycles. The second kappa shape index (κ2) is 8.21. The molecule has 10 heteroatoms. The van der Waals surface area contributed by atoms with E-state index in [-0.39, 0.29) is 30.7 Å². The van der Waals surface area contributed by atoms with Crippen molar-refractivity contribution in [3.05, 3.63) is 50.9 Å². The average molecular weight is 402 g/mol. The maximum absolute atomic E-state index is 12.4. The predicted octanol–water partition coefficient (Wildman–Crippen LogP) is 0.237. The summed E-state index contributed by atoms with van der Waals surface area (Å²) in [6.07, 6.45) is 1.52. The zero-order valence-corrected chi connectivity index (χ0v) is 16.7. The Bertz CT molecular complexity index is 1170. The minimum absolute atomic E-state index is 0.0591. The van der Waals surface area contributed by atoms with E-state index in [0.717, 1.165) is 10.1 Å². The summed E-state index contributed by atoms with van der Waals surface area (Å²) in [5, 5.41) is 0. The number of ether oxygens (including phenoxy) is 3. The molecule has 10 nitrogen and oxygen atoms in total. The number of benzene rings is 1. The van der Waals surface area contributed by atoms with Crippen molar-refractivity contribution in [2.24, 2.45) is 14.1 Å². The van der Waals surface area contributed by atoms with Crippen LogP contribution < -0.4 is 20.7 Å². The van der Waals surface area contributed by atoms with Crippen LogP contribution in [0.1, 0.15) is 5.56 Å². The van der Waals surface area contributed by atoms with Gasteiger partial charge in [-0.15, -0.1) is 0 Å². The third-order valence-electron chi connectivity index (χ3n) is 4.61. The first-order valence-corrected chi connectivity index (χ1v) is 8.84. The van der Waals surface area contributed by atoms with Gasteiger partial charge in [-0.1, -0.05) is 6.07 Å². The molecule has 3 rings (SSSR count). The van der Waals surface area contributed by atoms with Gasteiger partial charge in [0, 0.05) is 14.1 Å². The molecule has 0 spiro atoms. The van der Waals surface area contributed by atoms with Crippen molar-refractivity contribution >= 4 is 17.1 Å². The van der Waals surface area contributed by atoms with E-state index in [0.29, 0.717) is 11.5 Å². The van der Waals surface area contributed by atoms with Crippen LogP contribution in [0.4, 0.5) is 0 Å². The van der Waals surface area contributed by atoms with E-state index < -0.39 is 17.2 Å². The number of imidazole rings is 1.